The Kier molecular flexibility index (Phi) is 6.27. The third-order valence-electron chi connectivity index (χ3n) is 6.46. The molecule has 0 saturated carbocycles. The van der Waals surface area contributed by atoms with E-state index in [-0.39, 0.29) is 11.3 Å². The Balaban J connectivity index is 1.92. The summed E-state index contributed by atoms with van der Waals surface area (Å²) in [4.78, 5) is 31.3. The number of rotatable bonds is 7. The van der Waals surface area contributed by atoms with Crippen LogP contribution in [0.15, 0.2) is 48.2 Å². The number of benzene rings is 2. The molecular formula is C27H30N2O4. The monoisotopic (exact) mass is 446 g/mol. The van der Waals surface area contributed by atoms with Crippen molar-refractivity contribution >= 4 is 28.4 Å². The van der Waals surface area contributed by atoms with Crippen molar-refractivity contribution in [2.24, 2.45) is 0 Å². The van der Waals surface area contributed by atoms with Gasteiger partial charge in [0.15, 0.2) is 0 Å². The number of fused-ring (bicyclic) bond motifs is 1. The topological polar surface area (TPSA) is 82.6 Å². The summed E-state index contributed by atoms with van der Waals surface area (Å²) in [7, 11) is 1.60. The number of aromatic amines is 1. The lowest BCUT2D eigenvalue weighted by Gasteiger charge is -2.25. The highest BCUT2D eigenvalue weighted by Crippen LogP contribution is 2.42. The Morgan fingerprint density at radius 1 is 1.12 bits per heavy atom. The van der Waals surface area contributed by atoms with Gasteiger partial charge in [-0.25, -0.2) is 0 Å². The molecule has 0 spiro atoms. The first-order chi connectivity index (χ1) is 15.9. The van der Waals surface area contributed by atoms with Gasteiger partial charge in [0.1, 0.15) is 11.5 Å². The fourth-order valence-electron chi connectivity index (χ4n) is 4.70. The number of para-hydroxylation sites is 1. The van der Waals surface area contributed by atoms with Crippen LogP contribution in [0.1, 0.15) is 54.5 Å². The number of nitrogens with zero attached hydrogens (tertiary/aromatic N) is 1. The SMILES string of the molecule is CCCCCN1C(=O)C(=O)/C(=C(/O)c2cc(C)c(OC)cc2C)C1c1c[nH]c2ccccc12. The second kappa shape index (κ2) is 9.14. The third kappa shape index (κ3) is 3.90. The van der Waals surface area contributed by atoms with E-state index in [0.29, 0.717) is 17.9 Å². The summed E-state index contributed by atoms with van der Waals surface area (Å²) < 4.78 is 5.39. The Morgan fingerprint density at radius 3 is 2.61 bits per heavy atom. The van der Waals surface area contributed by atoms with Crippen molar-refractivity contribution in [3.63, 3.8) is 0 Å². The van der Waals surface area contributed by atoms with Crippen molar-refractivity contribution < 1.29 is 19.4 Å². The Morgan fingerprint density at radius 2 is 1.88 bits per heavy atom. The summed E-state index contributed by atoms with van der Waals surface area (Å²) >= 11 is 0. The first-order valence-corrected chi connectivity index (χ1v) is 11.4. The van der Waals surface area contributed by atoms with Crippen LogP contribution in [0.4, 0.5) is 0 Å². The van der Waals surface area contributed by atoms with E-state index in [9.17, 15) is 14.7 Å². The second-order valence-electron chi connectivity index (χ2n) is 8.63. The summed E-state index contributed by atoms with van der Waals surface area (Å²) in [5.74, 6) is -0.653. The number of Topliss-reactive ketones (excluding diaryl/α,β-unsaturated/α-hetero) is 1. The summed E-state index contributed by atoms with van der Waals surface area (Å²) in [6.45, 7) is 6.30. The van der Waals surface area contributed by atoms with Gasteiger partial charge in [-0.2, -0.15) is 0 Å². The molecule has 1 aromatic heterocycles. The van der Waals surface area contributed by atoms with Crippen molar-refractivity contribution in [2.45, 2.75) is 46.1 Å². The number of likely N-dealkylation sites (tertiary alicyclic amines) is 1. The molecule has 2 aromatic carbocycles. The lowest BCUT2D eigenvalue weighted by Crippen LogP contribution is -2.30. The van der Waals surface area contributed by atoms with E-state index in [0.717, 1.165) is 46.9 Å². The largest absolute Gasteiger partial charge is 0.507 e. The van der Waals surface area contributed by atoms with Gasteiger partial charge in [-0.3, -0.25) is 9.59 Å². The summed E-state index contributed by atoms with van der Waals surface area (Å²) in [6, 6.07) is 10.8. The number of carbonyl (C=O) groups excluding carboxylic acids is 2. The van der Waals surface area contributed by atoms with Gasteiger partial charge in [0.05, 0.1) is 18.7 Å². The number of ketones is 1. The summed E-state index contributed by atoms with van der Waals surface area (Å²) in [5.41, 5.74) is 4.00. The first kappa shape index (κ1) is 22.6. The number of aliphatic hydroxyl groups excluding tert-OH is 1. The van der Waals surface area contributed by atoms with Gasteiger partial charge >= 0.3 is 0 Å². The number of hydrogen-bond donors (Lipinski definition) is 2. The average molecular weight is 447 g/mol. The van der Waals surface area contributed by atoms with Gasteiger partial charge < -0.3 is 19.7 Å². The number of methoxy groups -OCH3 is 1. The molecular weight excluding hydrogens is 416 g/mol. The molecule has 0 radical (unpaired) electrons. The molecule has 1 aliphatic rings. The van der Waals surface area contributed by atoms with Crippen molar-refractivity contribution in [1.29, 1.82) is 0 Å². The second-order valence-corrected chi connectivity index (χ2v) is 8.63. The Hall–Kier alpha value is -3.54. The van der Waals surface area contributed by atoms with Crippen molar-refractivity contribution in [2.75, 3.05) is 13.7 Å². The summed E-state index contributed by atoms with van der Waals surface area (Å²) in [6.07, 6.45) is 4.60. The number of nitrogens with one attached hydrogen (secondary N) is 1. The predicted octanol–water partition coefficient (Wildman–Crippen LogP) is 5.41. The number of H-pyrrole nitrogens is 1. The molecule has 0 aliphatic carbocycles. The number of hydrogen-bond acceptors (Lipinski definition) is 4. The molecule has 6 nitrogen and oxygen atoms in total. The number of aliphatic hydroxyl groups is 1. The number of aromatic nitrogens is 1. The molecule has 1 amide bonds. The van der Waals surface area contributed by atoms with Gasteiger partial charge in [-0.05, 0) is 49.6 Å². The predicted molar refractivity (Wildman–Crippen MR) is 129 cm³/mol. The molecule has 1 unspecified atom stereocenters. The first-order valence-electron chi connectivity index (χ1n) is 11.4. The maximum absolute atomic E-state index is 13.3. The van der Waals surface area contributed by atoms with Gasteiger partial charge in [-0.15, -0.1) is 0 Å². The Labute approximate surface area is 193 Å². The van der Waals surface area contributed by atoms with Crippen LogP contribution in [0.5, 0.6) is 5.75 Å². The maximum Gasteiger partial charge on any atom is 0.295 e. The summed E-state index contributed by atoms with van der Waals surface area (Å²) in [5, 5.41) is 12.4. The van der Waals surface area contributed by atoms with E-state index >= 15 is 0 Å². The molecule has 0 bridgehead atoms. The van der Waals surface area contributed by atoms with Crippen LogP contribution in [-0.2, 0) is 9.59 Å². The van der Waals surface area contributed by atoms with Gasteiger partial charge in [0.2, 0.25) is 0 Å². The lowest BCUT2D eigenvalue weighted by molar-refractivity contribution is -0.139. The number of ether oxygens (including phenoxy) is 1. The lowest BCUT2D eigenvalue weighted by atomic mass is 9.92. The number of unbranched alkanes of at least 4 members (excludes halogenated alkanes) is 2. The van der Waals surface area contributed by atoms with E-state index in [1.165, 1.54) is 0 Å². The Bertz CT molecular complexity index is 1250. The molecule has 2 N–H and O–H groups in total. The minimum absolute atomic E-state index is 0.133. The molecule has 2 heterocycles. The van der Waals surface area contributed by atoms with Crippen molar-refractivity contribution in [3.8, 4) is 5.75 Å². The van der Waals surface area contributed by atoms with Crippen LogP contribution in [0, 0.1) is 13.8 Å². The standard InChI is InChI=1S/C27H30N2O4/c1-5-6-9-12-29-24(20-15-28-21-11-8-7-10-18(20)21)23(26(31)27(29)32)25(30)19-13-17(3)22(33-4)14-16(19)2/h7-8,10-11,13-15,24,28,30H,5-6,9,12H2,1-4H3/b25-23+. The van der Waals surface area contributed by atoms with Crippen molar-refractivity contribution in [3.05, 3.63) is 70.4 Å². The zero-order valence-electron chi connectivity index (χ0n) is 19.6. The zero-order valence-corrected chi connectivity index (χ0v) is 19.6. The normalized spacial score (nSPS) is 17.8. The van der Waals surface area contributed by atoms with Gasteiger partial charge in [0.25, 0.3) is 11.7 Å². The minimum Gasteiger partial charge on any atom is -0.507 e. The molecule has 1 atom stereocenters. The quantitative estimate of drug-likeness (QED) is 0.220. The highest BCUT2D eigenvalue weighted by Gasteiger charge is 2.46. The fourth-order valence-corrected chi connectivity index (χ4v) is 4.70. The van der Waals surface area contributed by atoms with Crippen LogP contribution in [0.2, 0.25) is 0 Å². The number of aryl methyl sites for hydroxylation is 2. The fraction of sp³-hybridized carbons (Fsp3) is 0.333. The molecule has 1 saturated heterocycles. The van der Waals surface area contributed by atoms with E-state index in [1.54, 1.807) is 18.1 Å². The van der Waals surface area contributed by atoms with Gasteiger partial charge in [-0.1, -0.05) is 38.0 Å². The number of amides is 1. The molecule has 1 aliphatic heterocycles. The minimum atomic E-state index is -0.653. The molecule has 172 valence electrons. The zero-order chi connectivity index (χ0) is 23.7. The maximum atomic E-state index is 13.3. The van der Waals surface area contributed by atoms with Crippen LogP contribution in [-0.4, -0.2) is 40.3 Å². The molecule has 4 rings (SSSR count). The smallest absolute Gasteiger partial charge is 0.295 e. The highest BCUT2D eigenvalue weighted by atomic mass is 16.5. The molecule has 6 heteroatoms. The highest BCUT2D eigenvalue weighted by molar-refractivity contribution is 6.46. The van der Waals surface area contributed by atoms with Crippen LogP contribution < -0.4 is 4.74 Å². The number of carbonyl (C=O) groups is 2. The van der Waals surface area contributed by atoms with Crippen molar-refractivity contribution in [1.82, 2.24) is 9.88 Å². The molecule has 3 aromatic rings. The van der Waals surface area contributed by atoms with E-state index < -0.39 is 17.7 Å². The van der Waals surface area contributed by atoms with E-state index in [2.05, 4.69) is 11.9 Å². The van der Waals surface area contributed by atoms with Gasteiger partial charge in [0, 0.05) is 34.8 Å². The van der Waals surface area contributed by atoms with E-state index in [1.807, 2.05) is 50.4 Å². The van der Waals surface area contributed by atoms with E-state index in [4.69, 9.17) is 4.74 Å². The molecule has 33 heavy (non-hydrogen) atoms. The molecule has 1 fully saturated rings. The van der Waals surface area contributed by atoms with Crippen LogP contribution in [0.25, 0.3) is 16.7 Å². The third-order valence-corrected chi connectivity index (χ3v) is 6.46. The average Bonchev–Trinajstić information content (AvgIpc) is 3.34. The van der Waals surface area contributed by atoms with Crippen LogP contribution in [0.3, 0.4) is 0 Å². The van der Waals surface area contributed by atoms with Crippen LogP contribution >= 0.6 is 0 Å².